The highest BCUT2D eigenvalue weighted by Gasteiger charge is 2.47. The van der Waals surface area contributed by atoms with Crippen LogP contribution in [0, 0.1) is 17.1 Å². The first-order valence-electron chi connectivity index (χ1n) is 10.3. The summed E-state index contributed by atoms with van der Waals surface area (Å²) in [6, 6.07) is 21.3. The fourth-order valence-electron chi connectivity index (χ4n) is 4.28. The van der Waals surface area contributed by atoms with E-state index in [4.69, 9.17) is 22.1 Å². The third-order valence-electron chi connectivity index (χ3n) is 5.81. The van der Waals surface area contributed by atoms with E-state index in [1.54, 1.807) is 54.6 Å². The number of allylic oxidation sites excluding steroid dienone is 2. The lowest BCUT2D eigenvalue weighted by molar-refractivity contribution is 0.357. The Morgan fingerprint density at radius 2 is 1.82 bits per heavy atom. The Morgan fingerprint density at radius 3 is 2.56 bits per heavy atom. The number of sulfonamides is 1. The van der Waals surface area contributed by atoms with Crippen LogP contribution in [0.25, 0.3) is 5.76 Å². The van der Waals surface area contributed by atoms with Crippen LogP contribution in [0.2, 0.25) is 5.02 Å². The predicted molar refractivity (Wildman–Crippen MR) is 127 cm³/mol. The highest BCUT2D eigenvalue weighted by molar-refractivity contribution is 7.96. The van der Waals surface area contributed by atoms with Gasteiger partial charge in [-0.2, -0.15) is 5.26 Å². The molecule has 6 nitrogen and oxygen atoms in total. The van der Waals surface area contributed by atoms with Gasteiger partial charge in [-0.3, -0.25) is 4.31 Å². The fraction of sp³-hybridized carbons (Fsp3) is 0.0800. The van der Waals surface area contributed by atoms with Gasteiger partial charge < -0.3 is 10.5 Å². The number of anilines is 1. The van der Waals surface area contributed by atoms with Gasteiger partial charge in [0.05, 0.1) is 18.2 Å². The molecule has 2 N–H and O–H groups in total. The Bertz CT molecular complexity index is 1540. The second kappa shape index (κ2) is 8.20. The van der Waals surface area contributed by atoms with Crippen molar-refractivity contribution in [3.05, 3.63) is 117 Å². The zero-order valence-corrected chi connectivity index (χ0v) is 19.1. The van der Waals surface area contributed by atoms with Gasteiger partial charge in [0.15, 0.2) is 5.76 Å². The zero-order chi connectivity index (χ0) is 24.0. The molecule has 9 heteroatoms. The molecule has 1 atom stereocenters. The maximum atomic E-state index is 14.5. The lowest BCUT2D eigenvalue weighted by Gasteiger charge is -2.38. The Labute approximate surface area is 201 Å². The Morgan fingerprint density at radius 1 is 1.09 bits per heavy atom. The van der Waals surface area contributed by atoms with E-state index in [1.807, 2.05) is 6.07 Å². The van der Waals surface area contributed by atoms with Gasteiger partial charge in [0.2, 0.25) is 5.88 Å². The number of fused-ring (bicyclic) bond motifs is 2. The van der Waals surface area contributed by atoms with Crippen LogP contribution in [-0.4, -0.2) is 8.42 Å². The summed E-state index contributed by atoms with van der Waals surface area (Å²) < 4.78 is 49.7. The third kappa shape index (κ3) is 3.41. The summed E-state index contributed by atoms with van der Waals surface area (Å²) in [5.41, 5.74) is 7.51. The molecular formula is C25H17ClFN3O3S. The molecule has 2 heterocycles. The summed E-state index contributed by atoms with van der Waals surface area (Å²) in [6.45, 7) is -0.244. The normalized spacial score (nSPS) is 18.6. The largest absolute Gasteiger partial charge is 0.439 e. The topological polar surface area (TPSA) is 96.4 Å². The monoisotopic (exact) mass is 493 g/mol. The number of nitriles is 1. The first-order chi connectivity index (χ1) is 16.3. The van der Waals surface area contributed by atoms with E-state index < -0.39 is 21.8 Å². The Balaban J connectivity index is 1.78. The molecule has 5 rings (SSSR count). The Hall–Kier alpha value is -3.80. The van der Waals surface area contributed by atoms with Crippen molar-refractivity contribution < 1.29 is 17.5 Å². The first kappa shape index (κ1) is 22.0. The number of nitrogens with two attached hydrogens (primary N) is 1. The summed E-state index contributed by atoms with van der Waals surface area (Å²) >= 11 is 6.19. The van der Waals surface area contributed by atoms with Crippen molar-refractivity contribution in [1.82, 2.24) is 0 Å². The summed E-state index contributed by atoms with van der Waals surface area (Å²) in [4.78, 5) is -0.143. The van der Waals surface area contributed by atoms with Crippen molar-refractivity contribution in [1.29, 1.82) is 5.26 Å². The van der Waals surface area contributed by atoms with E-state index in [0.717, 1.165) is 4.31 Å². The standard InChI is InChI=1S/C25H17ClFN3O3S/c26-17-8-5-7-15(12-17)22-19(13-28)25(29)33-23-18-9-2-4-11-21(18)30(34(31,32)24(22)23)14-16-6-1-3-10-20(16)27/h1-12,22H,14,29H2/t22-/m1/s1. The van der Waals surface area contributed by atoms with Crippen molar-refractivity contribution in [3.63, 3.8) is 0 Å². The predicted octanol–water partition coefficient (Wildman–Crippen LogP) is 5.01. The first-order valence-corrected chi connectivity index (χ1v) is 12.1. The van der Waals surface area contributed by atoms with Gasteiger partial charge in [-0.25, -0.2) is 12.8 Å². The van der Waals surface area contributed by atoms with E-state index in [-0.39, 0.29) is 34.2 Å². The number of nitrogens with zero attached hydrogens (tertiary/aromatic N) is 2. The van der Waals surface area contributed by atoms with Crippen LogP contribution in [0.3, 0.4) is 0 Å². The van der Waals surface area contributed by atoms with Gasteiger partial charge in [-0.05, 0) is 35.9 Å². The van der Waals surface area contributed by atoms with Gasteiger partial charge in [-0.1, -0.05) is 54.1 Å². The van der Waals surface area contributed by atoms with Crippen LogP contribution in [-0.2, 0) is 21.3 Å². The fourth-order valence-corrected chi connectivity index (χ4v) is 6.38. The second-order valence-corrected chi connectivity index (χ2v) is 10.1. The van der Waals surface area contributed by atoms with E-state index in [0.29, 0.717) is 21.8 Å². The number of hydrogen-bond donors (Lipinski definition) is 1. The SMILES string of the molecule is N#CC1=C(N)OC2=C([C@@H]1c1cccc(Cl)c1)S(=O)(=O)N(Cc1ccccc1F)c1ccccc12. The van der Waals surface area contributed by atoms with Crippen LogP contribution in [0.15, 0.2) is 89.2 Å². The minimum Gasteiger partial charge on any atom is -0.439 e. The minimum absolute atomic E-state index is 0.0434. The van der Waals surface area contributed by atoms with Gasteiger partial charge in [0.1, 0.15) is 22.4 Å². The molecule has 0 aliphatic carbocycles. The quantitative estimate of drug-likeness (QED) is 0.553. The van der Waals surface area contributed by atoms with Crippen LogP contribution < -0.4 is 10.0 Å². The number of hydrogen-bond acceptors (Lipinski definition) is 5. The highest BCUT2D eigenvalue weighted by Crippen LogP contribution is 2.51. The van der Waals surface area contributed by atoms with Crippen molar-refractivity contribution in [2.45, 2.75) is 12.5 Å². The lowest BCUT2D eigenvalue weighted by Crippen LogP contribution is -2.39. The number of ether oxygens (including phenoxy) is 1. The maximum Gasteiger partial charge on any atom is 0.265 e. The molecule has 0 amide bonds. The third-order valence-corrected chi connectivity index (χ3v) is 7.93. The van der Waals surface area contributed by atoms with Crippen LogP contribution in [0.5, 0.6) is 0 Å². The molecule has 0 saturated carbocycles. The smallest absolute Gasteiger partial charge is 0.265 e. The average molecular weight is 494 g/mol. The molecule has 0 unspecified atom stereocenters. The summed E-state index contributed by atoms with van der Waals surface area (Å²) in [7, 11) is -4.29. The molecule has 0 saturated heterocycles. The molecule has 3 aromatic rings. The van der Waals surface area contributed by atoms with E-state index in [9.17, 15) is 18.1 Å². The maximum absolute atomic E-state index is 14.5. The van der Waals surface area contributed by atoms with E-state index >= 15 is 0 Å². The van der Waals surface area contributed by atoms with E-state index in [2.05, 4.69) is 0 Å². The summed E-state index contributed by atoms with van der Waals surface area (Å²) in [5, 5.41) is 10.2. The van der Waals surface area contributed by atoms with Crippen molar-refractivity contribution in [2.24, 2.45) is 5.73 Å². The van der Waals surface area contributed by atoms with Crippen LogP contribution >= 0.6 is 11.6 Å². The Kier molecular flexibility index (Phi) is 5.31. The average Bonchev–Trinajstić information content (AvgIpc) is 2.82. The van der Waals surface area contributed by atoms with Crippen molar-refractivity contribution >= 4 is 33.1 Å². The van der Waals surface area contributed by atoms with Crippen LogP contribution in [0.4, 0.5) is 10.1 Å². The van der Waals surface area contributed by atoms with Gasteiger partial charge in [0.25, 0.3) is 10.0 Å². The minimum atomic E-state index is -4.29. The molecule has 2 aliphatic rings. The molecule has 2 aliphatic heterocycles. The molecule has 0 radical (unpaired) electrons. The number of para-hydroxylation sites is 1. The molecule has 0 bridgehead atoms. The second-order valence-electron chi connectivity index (χ2n) is 7.79. The molecule has 0 spiro atoms. The van der Waals surface area contributed by atoms with Gasteiger partial charge in [-0.15, -0.1) is 0 Å². The van der Waals surface area contributed by atoms with E-state index in [1.165, 1.54) is 18.2 Å². The number of halogens is 2. The highest BCUT2D eigenvalue weighted by atomic mass is 35.5. The summed E-state index contributed by atoms with van der Waals surface area (Å²) in [5.74, 6) is -1.71. The molecule has 34 heavy (non-hydrogen) atoms. The van der Waals surface area contributed by atoms with Crippen molar-refractivity contribution in [2.75, 3.05) is 4.31 Å². The zero-order valence-electron chi connectivity index (χ0n) is 17.6. The molecule has 0 aromatic heterocycles. The summed E-state index contributed by atoms with van der Waals surface area (Å²) in [6.07, 6.45) is 0. The number of rotatable bonds is 3. The molecule has 3 aromatic carbocycles. The number of benzene rings is 3. The van der Waals surface area contributed by atoms with Crippen molar-refractivity contribution in [3.8, 4) is 6.07 Å². The van der Waals surface area contributed by atoms with Gasteiger partial charge in [0, 0.05) is 16.1 Å². The molecule has 0 fully saturated rings. The molecule has 170 valence electrons. The van der Waals surface area contributed by atoms with Crippen LogP contribution in [0.1, 0.15) is 22.6 Å². The molecular weight excluding hydrogens is 477 g/mol. The van der Waals surface area contributed by atoms with Gasteiger partial charge >= 0.3 is 0 Å². The lowest BCUT2D eigenvalue weighted by atomic mass is 9.88.